The van der Waals surface area contributed by atoms with Crippen molar-refractivity contribution in [2.75, 3.05) is 49.5 Å². The number of aromatic nitrogens is 2. The Bertz CT molecular complexity index is 937. The number of anilines is 2. The molecule has 3 aliphatic heterocycles. The van der Waals surface area contributed by atoms with Crippen molar-refractivity contribution in [1.29, 1.82) is 0 Å². The Balaban J connectivity index is 1.16. The number of amides is 1. The fraction of sp³-hybridized carbons (Fsp3) is 0.607. The molecule has 3 saturated heterocycles. The van der Waals surface area contributed by atoms with Gasteiger partial charge in [-0.3, -0.25) is 9.69 Å². The molecule has 35 heavy (non-hydrogen) atoms. The molecule has 7 nitrogen and oxygen atoms in total. The first kappa shape index (κ1) is 24.0. The number of carbonyl (C=O) groups excluding carboxylic acids is 1. The van der Waals surface area contributed by atoms with Crippen LogP contribution in [0.4, 0.5) is 11.8 Å². The van der Waals surface area contributed by atoms with Crippen molar-refractivity contribution in [1.82, 2.24) is 19.8 Å². The molecule has 0 aliphatic carbocycles. The number of rotatable bonds is 5. The van der Waals surface area contributed by atoms with Gasteiger partial charge in [0.1, 0.15) is 5.82 Å². The molecule has 0 radical (unpaired) electrons. The second kappa shape index (κ2) is 11.8. The standard InChI is InChI=1S/C28H40N6O/c35-27(23-10-4-3-5-11-23)33-20-14-25(15-21-33)34-19-9-6-12-24(22-34)30-28-29-16-13-26(31-28)32-17-7-1-2-8-18-32/h3-5,10-11,13,16,24-25H,1-2,6-9,12,14-15,17-22H2,(H,29,30,31). The van der Waals surface area contributed by atoms with Crippen LogP contribution in [0.2, 0.25) is 0 Å². The molecule has 1 N–H and O–H groups in total. The van der Waals surface area contributed by atoms with Gasteiger partial charge in [0.2, 0.25) is 5.95 Å². The van der Waals surface area contributed by atoms with Crippen LogP contribution in [0.15, 0.2) is 42.6 Å². The van der Waals surface area contributed by atoms with E-state index in [-0.39, 0.29) is 5.91 Å². The molecule has 3 aliphatic rings. The van der Waals surface area contributed by atoms with Crippen molar-refractivity contribution in [3.05, 3.63) is 48.2 Å². The molecule has 4 heterocycles. The van der Waals surface area contributed by atoms with Crippen molar-refractivity contribution >= 4 is 17.7 Å². The van der Waals surface area contributed by atoms with Crippen molar-refractivity contribution in [2.24, 2.45) is 0 Å². The van der Waals surface area contributed by atoms with Crippen LogP contribution in [0.1, 0.15) is 68.1 Å². The fourth-order valence-electron chi connectivity index (χ4n) is 5.90. The summed E-state index contributed by atoms with van der Waals surface area (Å²) in [5.41, 5.74) is 0.799. The molecular weight excluding hydrogens is 436 g/mol. The smallest absolute Gasteiger partial charge is 0.253 e. The number of nitrogens with zero attached hydrogens (tertiary/aromatic N) is 5. The van der Waals surface area contributed by atoms with Gasteiger partial charge >= 0.3 is 0 Å². The molecule has 1 unspecified atom stereocenters. The number of hydrogen-bond donors (Lipinski definition) is 1. The summed E-state index contributed by atoms with van der Waals surface area (Å²) in [5, 5.41) is 3.68. The number of piperidine rings is 1. The Morgan fingerprint density at radius 2 is 1.57 bits per heavy atom. The van der Waals surface area contributed by atoms with Crippen molar-refractivity contribution in [2.45, 2.75) is 69.9 Å². The Morgan fingerprint density at radius 3 is 2.34 bits per heavy atom. The first-order valence-electron chi connectivity index (χ1n) is 13.7. The highest BCUT2D eigenvalue weighted by molar-refractivity contribution is 5.94. The van der Waals surface area contributed by atoms with E-state index in [1.54, 1.807) is 0 Å². The Morgan fingerprint density at radius 1 is 0.829 bits per heavy atom. The van der Waals surface area contributed by atoms with Crippen molar-refractivity contribution in [3.63, 3.8) is 0 Å². The average molecular weight is 477 g/mol. The Labute approximate surface area is 209 Å². The second-order valence-corrected chi connectivity index (χ2v) is 10.4. The first-order valence-corrected chi connectivity index (χ1v) is 13.7. The summed E-state index contributed by atoms with van der Waals surface area (Å²) in [6.07, 6.45) is 12.8. The molecule has 3 fully saturated rings. The van der Waals surface area contributed by atoms with Gasteiger partial charge in [-0.05, 0) is 63.3 Å². The molecule has 188 valence electrons. The van der Waals surface area contributed by atoms with E-state index < -0.39 is 0 Å². The van der Waals surface area contributed by atoms with E-state index in [1.165, 1.54) is 38.5 Å². The van der Waals surface area contributed by atoms with Gasteiger partial charge in [0.25, 0.3) is 5.91 Å². The number of hydrogen-bond acceptors (Lipinski definition) is 6. The number of benzene rings is 1. The molecule has 7 heteroatoms. The van der Waals surface area contributed by atoms with Gasteiger partial charge in [0.05, 0.1) is 0 Å². The minimum Gasteiger partial charge on any atom is -0.356 e. The highest BCUT2D eigenvalue weighted by atomic mass is 16.2. The highest BCUT2D eigenvalue weighted by Crippen LogP contribution is 2.24. The van der Waals surface area contributed by atoms with Crippen LogP contribution in [0.25, 0.3) is 0 Å². The van der Waals surface area contributed by atoms with Gasteiger partial charge in [0, 0.05) is 56.6 Å². The monoisotopic (exact) mass is 476 g/mol. The average Bonchev–Trinajstić information content (AvgIpc) is 3.33. The number of carbonyl (C=O) groups is 1. The Hall–Kier alpha value is -2.67. The van der Waals surface area contributed by atoms with Crippen LogP contribution in [0.5, 0.6) is 0 Å². The van der Waals surface area contributed by atoms with E-state index in [1.807, 2.05) is 41.4 Å². The third-order valence-electron chi connectivity index (χ3n) is 7.90. The van der Waals surface area contributed by atoms with Gasteiger partial charge < -0.3 is 15.1 Å². The van der Waals surface area contributed by atoms with E-state index in [4.69, 9.17) is 4.98 Å². The van der Waals surface area contributed by atoms with Crippen molar-refractivity contribution in [3.8, 4) is 0 Å². The minimum atomic E-state index is 0.167. The van der Waals surface area contributed by atoms with Crippen LogP contribution in [0.3, 0.4) is 0 Å². The zero-order valence-corrected chi connectivity index (χ0v) is 20.9. The first-order chi connectivity index (χ1) is 17.3. The molecule has 0 spiro atoms. The lowest BCUT2D eigenvalue weighted by Gasteiger charge is -2.39. The van der Waals surface area contributed by atoms with E-state index in [2.05, 4.69) is 26.2 Å². The van der Waals surface area contributed by atoms with Crippen LogP contribution < -0.4 is 10.2 Å². The minimum absolute atomic E-state index is 0.167. The predicted octanol–water partition coefficient (Wildman–Crippen LogP) is 4.43. The molecule has 1 amide bonds. The molecular formula is C28H40N6O. The number of nitrogens with one attached hydrogen (secondary N) is 1. The summed E-state index contributed by atoms with van der Waals surface area (Å²) in [5.74, 6) is 1.99. The van der Waals surface area contributed by atoms with E-state index in [9.17, 15) is 4.79 Å². The fourth-order valence-corrected chi connectivity index (χ4v) is 5.90. The molecule has 0 bridgehead atoms. The van der Waals surface area contributed by atoms with Crippen LogP contribution >= 0.6 is 0 Å². The molecule has 1 atom stereocenters. The maximum absolute atomic E-state index is 12.8. The van der Waals surface area contributed by atoms with Crippen LogP contribution in [-0.4, -0.2) is 77.0 Å². The maximum Gasteiger partial charge on any atom is 0.253 e. The molecule has 5 rings (SSSR count). The van der Waals surface area contributed by atoms with E-state index in [0.29, 0.717) is 12.1 Å². The highest BCUT2D eigenvalue weighted by Gasteiger charge is 2.30. The molecule has 2 aromatic rings. The summed E-state index contributed by atoms with van der Waals surface area (Å²) in [4.78, 5) is 29.4. The van der Waals surface area contributed by atoms with Gasteiger partial charge in [-0.15, -0.1) is 0 Å². The SMILES string of the molecule is O=C(c1ccccc1)N1CCC(N2CCCCC(Nc3nccc(N4CCCCCC4)n3)C2)CC1. The van der Waals surface area contributed by atoms with E-state index >= 15 is 0 Å². The topological polar surface area (TPSA) is 64.6 Å². The molecule has 1 aromatic carbocycles. The van der Waals surface area contributed by atoms with Gasteiger partial charge in [-0.1, -0.05) is 37.5 Å². The summed E-state index contributed by atoms with van der Waals surface area (Å²) in [7, 11) is 0. The lowest BCUT2D eigenvalue weighted by Crippen LogP contribution is -2.49. The summed E-state index contributed by atoms with van der Waals surface area (Å²) >= 11 is 0. The molecule has 1 aromatic heterocycles. The maximum atomic E-state index is 12.8. The largest absolute Gasteiger partial charge is 0.356 e. The lowest BCUT2D eigenvalue weighted by molar-refractivity contribution is 0.0620. The Kier molecular flexibility index (Phi) is 8.14. The predicted molar refractivity (Wildman–Crippen MR) is 141 cm³/mol. The van der Waals surface area contributed by atoms with Crippen LogP contribution in [0, 0.1) is 0 Å². The quantitative estimate of drug-likeness (QED) is 0.689. The zero-order chi connectivity index (χ0) is 23.9. The van der Waals surface area contributed by atoms with E-state index in [0.717, 1.165) is 75.9 Å². The summed E-state index contributed by atoms with van der Waals surface area (Å²) in [6.45, 7) is 6.04. The number of likely N-dealkylation sites (tertiary alicyclic amines) is 2. The zero-order valence-electron chi connectivity index (χ0n) is 20.9. The van der Waals surface area contributed by atoms with Gasteiger partial charge in [-0.2, -0.15) is 4.98 Å². The van der Waals surface area contributed by atoms with Crippen LogP contribution in [-0.2, 0) is 0 Å². The normalized spacial score (nSPS) is 22.9. The summed E-state index contributed by atoms with van der Waals surface area (Å²) < 4.78 is 0. The summed E-state index contributed by atoms with van der Waals surface area (Å²) in [6, 6.07) is 12.6. The van der Waals surface area contributed by atoms with Gasteiger partial charge in [-0.25, -0.2) is 4.98 Å². The van der Waals surface area contributed by atoms with Gasteiger partial charge in [0.15, 0.2) is 0 Å². The molecule has 0 saturated carbocycles. The second-order valence-electron chi connectivity index (χ2n) is 10.4. The third-order valence-corrected chi connectivity index (χ3v) is 7.90. The third kappa shape index (κ3) is 6.31. The van der Waals surface area contributed by atoms with Crippen molar-refractivity contribution < 1.29 is 4.79 Å². The lowest BCUT2D eigenvalue weighted by atomic mass is 10.0.